The van der Waals surface area contributed by atoms with Crippen LogP contribution >= 0.6 is 11.3 Å². The number of hydrogen-bond acceptors (Lipinski definition) is 3. The minimum Gasteiger partial charge on any atom is -0.240 e. The summed E-state index contributed by atoms with van der Waals surface area (Å²) in [7, 11) is 0. The summed E-state index contributed by atoms with van der Waals surface area (Å²) >= 11 is 1.60. The Kier molecular flexibility index (Phi) is 3.35. The van der Waals surface area contributed by atoms with Gasteiger partial charge in [0.05, 0.1) is 17.7 Å². The first-order valence-electron chi connectivity index (χ1n) is 6.79. The Hall–Kier alpha value is -1.66. The van der Waals surface area contributed by atoms with Crippen molar-refractivity contribution >= 4 is 11.3 Å². The number of aryl methyl sites for hydroxylation is 2. The van der Waals surface area contributed by atoms with E-state index >= 15 is 0 Å². The second-order valence-corrected chi connectivity index (χ2v) is 5.89. The van der Waals surface area contributed by atoms with Crippen molar-refractivity contribution in [1.82, 2.24) is 4.98 Å². The van der Waals surface area contributed by atoms with Crippen molar-refractivity contribution in [1.29, 1.82) is 5.26 Å². The van der Waals surface area contributed by atoms with Gasteiger partial charge in [0.2, 0.25) is 0 Å². The molecule has 0 fully saturated rings. The van der Waals surface area contributed by atoms with Gasteiger partial charge in [-0.25, -0.2) is 4.98 Å². The maximum atomic E-state index is 9.10. The van der Waals surface area contributed by atoms with Crippen molar-refractivity contribution < 1.29 is 0 Å². The summed E-state index contributed by atoms with van der Waals surface area (Å²) in [6.45, 7) is 2.03. The molecule has 1 heterocycles. The number of fused-ring (bicyclic) bond motifs is 1. The molecule has 0 saturated carbocycles. The number of hydrogen-bond donors (Lipinski definition) is 0. The van der Waals surface area contributed by atoms with Gasteiger partial charge in [0, 0.05) is 10.9 Å². The molecule has 0 N–H and O–H groups in total. The molecular weight excluding hydrogens is 252 g/mol. The molecule has 1 aromatic carbocycles. The van der Waals surface area contributed by atoms with Crippen LogP contribution in [0.15, 0.2) is 23.6 Å². The smallest absolute Gasteiger partial charge is 0.110 e. The summed E-state index contributed by atoms with van der Waals surface area (Å²) in [6, 6.07) is 8.99. The topological polar surface area (TPSA) is 36.7 Å². The Labute approximate surface area is 117 Å². The Balaban J connectivity index is 1.93. The molecule has 0 spiro atoms. The summed E-state index contributed by atoms with van der Waals surface area (Å²) in [6.07, 6.45) is 4.50. The number of rotatable bonds is 3. The zero-order valence-corrected chi connectivity index (χ0v) is 11.8. The van der Waals surface area contributed by atoms with E-state index < -0.39 is 0 Å². The van der Waals surface area contributed by atoms with Gasteiger partial charge in [-0.3, -0.25) is 0 Å². The van der Waals surface area contributed by atoms with Crippen LogP contribution in [0.4, 0.5) is 0 Å². The van der Waals surface area contributed by atoms with E-state index in [1.54, 1.807) is 11.3 Å². The number of benzene rings is 1. The van der Waals surface area contributed by atoms with Crippen LogP contribution in [0, 0.1) is 11.3 Å². The fraction of sp³-hybridized carbons (Fsp3) is 0.375. The van der Waals surface area contributed by atoms with Crippen LogP contribution in [-0.4, -0.2) is 4.98 Å². The van der Waals surface area contributed by atoms with E-state index in [0.29, 0.717) is 0 Å². The Bertz CT molecular complexity index is 636. The van der Waals surface area contributed by atoms with Crippen LogP contribution < -0.4 is 0 Å². The average Bonchev–Trinajstić information content (AvgIpc) is 3.08. The molecule has 1 atom stereocenters. The molecule has 3 heteroatoms. The second kappa shape index (κ2) is 5.14. The Morgan fingerprint density at radius 2 is 2.21 bits per heavy atom. The van der Waals surface area contributed by atoms with Crippen LogP contribution in [-0.2, 0) is 12.8 Å². The molecule has 3 rings (SSSR count). The van der Waals surface area contributed by atoms with Gasteiger partial charge in [-0.15, -0.1) is 11.3 Å². The molecular formula is C16H16N2S. The van der Waals surface area contributed by atoms with Gasteiger partial charge in [-0.05, 0) is 42.9 Å². The lowest BCUT2D eigenvalue weighted by atomic mass is 10.0. The van der Waals surface area contributed by atoms with Crippen molar-refractivity contribution in [3.63, 3.8) is 0 Å². The number of nitriles is 1. The fourth-order valence-electron chi connectivity index (χ4n) is 2.63. The molecule has 0 saturated heterocycles. The summed E-state index contributed by atoms with van der Waals surface area (Å²) in [5.41, 5.74) is 5.17. The molecule has 2 aromatic rings. The standard InChI is InChI=1S/C16H16N2S/c1-2-11(9-17)16-18-15(10-19-16)14-7-6-12-4-3-5-13(12)8-14/h6-8,10-11H,2-5H2,1H3. The number of thiazole rings is 1. The number of nitrogens with zero attached hydrogens (tertiary/aromatic N) is 2. The van der Waals surface area contributed by atoms with Gasteiger partial charge in [0.25, 0.3) is 0 Å². The second-order valence-electron chi connectivity index (χ2n) is 5.00. The van der Waals surface area contributed by atoms with Crippen LogP contribution in [0.2, 0.25) is 0 Å². The van der Waals surface area contributed by atoms with E-state index in [4.69, 9.17) is 5.26 Å². The zero-order valence-electron chi connectivity index (χ0n) is 11.0. The van der Waals surface area contributed by atoms with E-state index in [1.165, 1.54) is 36.0 Å². The van der Waals surface area contributed by atoms with Crippen molar-refractivity contribution in [2.45, 2.75) is 38.5 Å². The first-order chi connectivity index (χ1) is 9.31. The molecule has 1 aliphatic rings. The highest BCUT2D eigenvalue weighted by Crippen LogP contribution is 2.31. The molecule has 96 valence electrons. The lowest BCUT2D eigenvalue weighted by Gasteiger charge is -2.03. The third kappa shape index (κ3) is 2.29. The van der Waals surface area contributed by atoms with Crippen LogP contribution in [0.3, 0.4) is 0 Å². The molecule has 0 radical (unpaired) electrons. The molecule has 0 aliphatic heterocycles. The summed E-state index contributed by atoms with van der Waals surface area (Å²) in [4.78, 5) is 4.64. The van der Waals surface area contributed by atoms with E-state index in [9.17, 15) is 0 Å². The van der Waals surface area contributed by atoms with Crippen molar-refractivity contribution in [3.8, 4) is 17.3 Å². The van der Waals surface area contributed by atoms with Crippen molar-refractivity contribution in [2.24, 2.45) is 0 Å². The minimum absolute atomic E-state index is 0.0619. The van der Waals surface area contributed by atoms with E-state index in [0.717, 1.165) is 17.1 Å². The molecule has 2 nitrogen and oxygen atoms in total. The molecule has 19 heavy (non-hydrogen) atoms. The molecule has 1 unspecified atom stereocenters. The lowest BCUT2D eigenvalue weighted by molar-refractivity contribution is 0.810. The average molecular weight is 268 g/mol. The van der Waals surface area contributed by atoms with Gasteiger partial charge >= 0.3 is 0 Å². The van der Waals surface area contributed by atoms with Crippen LogP contribution in [0.1, 0.15) is 41.8 Å². The highest BCUT2D eigenvalue weighted by Gasteiger charge is 2.15. The fourth-order valence-corrected chi connectivity index (χ4v) is 3.59. The highest BCUT2D eigenvalue weighted by molar-refractivity contribution is 7.10. The molecule has 0 bridgehead atoms. The highest BCUT2D eigenvalue weighted by atomic mass is 32.1. The van der Waals surface area contributed by atoms with Crippen molar-refractivity contribution in [3.05, 3.63) is 39.7 Å². The maximum Gasteiger partial charge on any atom is 0.110 e. The monoisotopic (exact) mass is 268 g/mol. The predicted molar refractivity (Wildman–Crippen MR) is 78.2 cm³/mol. The zero-order chi connectivity index (χ0) is 13.2. The van der Waals surface area contributed by atoms with E-state index in [1.807, 2.05) is 6.92 Å². The summed E-state index contributed by atoms with van der Waals surface area (Å²) < 4.78 is 0. The largest absolute Gasteiger partial charge is 0.240 e. The maximum absolute atomic E-state index is 9.10. The Morgan fingerprint density at radius 1 is 1.37 bits per heavy atom. The van der Waals surface area contributed by atoms with Crippen LogP contribution in [0.5, 0.6) is 0 Å². The molecule has 1 aliphatic carbocycles. The molecule has 0 amide bonds. The third-order valence-electron chi connectivity index (χ3n) is 3.78. The van der Waals surface area contributed by atoms with Gasteiger partial charge in [0.1, 0.15) is 5.01 Å². The first kappa shape index (κ1) is 12.4. The third-order valence-corrected chi connectivity index (χ3v) is 4.74. The Morgan fingerprint density at radius 3 is 3.00 bits per heavy atom. The lowest BCUT2D eigenvalue weighted by Crippen LogP contribution is -1.92. The minimum atomic E-state index is -0.0619. The van der Waals surface area contributed by atoms with Gasteiger partial charge in [0.15, 0.2) is 0 Å². The quantitative estimate of drug-likeness (QED) is 0.831. The normalized spacial score (nSPS) is 14.9. The van der Waals surface area contributed by atoms with Gasteiger partial charge in [-0.1, -0.05) is 19.1 Å². The van der Waals surface area contributed by atoms with E-state index in [-0.39, 0.29) is 5.92 Å². The first-order valence-corrected chi connectivity index (χ1v) is 7.67. The summed E-state index contributed by atoms with van der Waals surface area (Å²) in [5, 5.41) is 12.1. The van der Waals surface area contributed by atoms with Gasteiger partial charge in [-0.2, -0.15) is 5.26 Å². The SMILES string of the molecule is CCC(C#N)c1nc(-c2ccc3c(c2)CCC3)cs1. The predicted octanol–water partition coefficient (Wildman–Crippen LogP) is 4.32. The molecule has 1 aromatic heterocycles. The van der Waals surface area contributed by atoms with Crippen LogP contribution in [0.25, 0.3) is 11.3 Å². The van der Waals surface area contributed by atoms with Crippen molar-refractivity contribution in [2.75, 3.05) is 0 Å². The van der Waals surface area contributed by atoms with E-state index in [2.05, 4.69) is 34.6 Å². The number of aromatic nitrogens is 1. The summed E-state index contributed by atoms with van der Waals surface area (Å²) in [5.74, 6) is -0.0619. The van der Waals surface area contributed by atoms with Gasteiger partial charge < -0.3 is 0 Å².